The molecule has 3 rings (SSSR count). The minimum Gasteiger partial charge on any atom is -0.322 e. The summed E-state index contributed by atoms with van der Waals surface area (Å²) in [6.07, 6.45) is 4.75. The number of rotatable bonds is 3. The van der Waals surface area contributed by atoms with Gasteiger partial charge in [-0.1, -0.05) is 29.3 Å². The van der Waals surface area contributed by atoms with Gasteiger partial charge >= 0.3 is 0 Å². The molecule has 5 nitrogen and oxygen atoms in total. The third-order valence-corrected chi connectivity index (χ3v) is 3.86. The first kappa shape index (κ1) is 16.1. The average molecular weight is 357 g/mol. The lowest BCUT2D eigenvalue weighted by Crippen LogP contribution is -2.07. The fourth-order valence-electron chi connectivity index (χ4n) is 2.16. The van der Waals surface area contributed by atoms with Crippen LogP contribution in [0.15, 0.2) is 48.7 Å². The van der Waals surface area contributed by atoms with Gasteiger partial charge in [0.2, 0.25) is 5.91 Å². The largest absolute Gasteiger partial charge is 0.322 e. The topological polar surface area (TPSA) is 70.2 Å². The molecule has 0 fully saturated rings. The van der Waals surface area contributed by atoms with E-state index in [1.807, 2.05) is 30.5 Å². The van der Waals surface area contributed by atoms with Gasteiger partial charge in [-0.2, -0.15) is 5.26 Å². The van der Waals surface area contributed by atoms with E-state index in [4.69, 9.17) is 28.5 Å². The third-order valence-electron chi connectivity index (χ3n) is 3.27. The standard InChI is InChI=1S/C17H10Cl2N4O/c18-13-9-12(5-4-11(13)10-20)21-16(24)7-6-14-17(19)22-15-3-1-2-8-23(14)15/h1-9H,(H,21,24)/b7-6+. The zero-order chi connectivity index (χ0) is 17.1. The van der Waals surface area contributed by atoms with Crippen LogP contribution >= 0.6 is 23.2 Å². The van der Waals surface area contributed by atoms with Gasteiger partial charge in [0, 0.05) is 18.0 Å². The molecule has 0 unspecified atom stereocenters. The van der Waals surface area contributed by atoms with Crippen molar-refractivity contribution < 1.29 is 4.79 Å². The van der Waals surface area contributed by atoms with E-state index in [9.17, 15) is 4.79 Å². The van der Waals surface area contributed by atoms with Crippen molar-refractivity contribution in [2.75, 3.05) is 5.32 Å². The number of nitrogens with zero attached hydrogens (tertiary/aromatic N) is 3. The van der Waals surface area contributed by atoms with E-state index in [1.165, 1.54) is 12.1 Å². The molecule has 1 N–H and O–H groups in total. The normalized spacial score (nSPS) is 10.9. The number of hydrogen-bond donors (Lipinski definition) is 1. The van der Waals surface area contributed by atoms with Crippen LogP contribution in [-0.4, -0.2) is 15.3 Å². The SMILES string of the molecule is N#Cc1ccc(NC(=O)/C=C/c2c(Cl)nc3ccccn23)cc1Cl. The Bertz CT molecular complexity index is 1000. The van der Waals surface area contributed by atoms with Crippen LogP contribution < -0.4 is 5.32 Å². The van der Waals surface area contributed by atoms with Crippen molar-refractivity contribution in [1.82, 2.24) is 9.38 Å². The van der Waals surface area contributed by atoms with Gasteiger partial charge in [-0.15, -0.1) is 0 Å². The van der Waals surface area contributed by atoms with Crippen LogP contribution in [0.1, 0.15) is 11.3 Å². The molecule has 2 heterocycles. The van der Waals surface area contributed by atoms with Crippen molar-refractivity contribution in [3.63, 3.8) is 0 Å². The van der Waals surface area contributed by atoms with Crippen LogP contribution in [0.4, 0.5) is 5.69 Å². The summed E-state index contributed by atoms with van der Waals surface area (Å²) in [4.78, 5) is 16.2. The zero-order valence-corrected chi connectivity index (χ0v) is 13.7. The first-order valence-corrected chi connectivity index (χ1v) is 7.65. The Morgan fingerprint density at radius 3 is 2.88 bits per heavy atom. The Hall–Kier alpha value is -2.81. The van der Waals surface area contributed by atoms with Crippen molar-refractivity contribution >= 4 is 46.5 Å². The van der Waals surface area contributed by atoms with Crippen molar-refractivity contribution in [1.29, 1.82) is 5.26 Å². The van der Waals surface area contributed by atoms with Gasteiger partial charge in [0.15, 0.2) is 5.15 Å². The Labute approximate surface area is 147 Å². The monoisotopic (exact) mass is 356 g/mol. The second-order valence-electron chi connectivity index (χ2n) is 4.85. The van der Waals surface area contributed by atoms with Gasteiger partial charge < -0.3 is 5.32 Å². The second kappa shape index (κ2) is 6.75. The summed E-state index contributed by atoms with van der Waals surface area (Å²) in [6, 6.07) is 12.2. The molecular formula is C17H10Cl2N4O. The highest BCUT2D eigenvalue weighted by atomic mass is 35.5. The van der Waals surface area contributed by atoms with Crippen LogP contribution in [0, 0.1) is 11.3 Å². The Morgan fingerprint density at radius 1 is 1.29 bits per heavy atom. The molecular weight excluding hydrogens is 347 g/mol. The summed E-state index contributed by atoms with van der Waals surface area (Å²) < 4.78 is 1.78. The first-order valence-electron chi connectivity index (χ1n) is 6.90. The molecule has 0 saturated carbocycles. The smallest absolute Gasteiger partial charge is 0.248 e. The first-order chi connectivity index (χ1) is 11.6. The van der Waals surface area contributed by atoms with Gasteiger partial charge in [-0.3, -0.25) is 9.20 Å². The van der Waals surface area contributed by atoms with Crippen molar-refractivity contribution in [2.45, 2.75) is 0 Å². The lowest BCUT2D eigenvalue weighted by atomic mass is 10.2. The highest BCUT2D eigenvalue weighted by molar-refractivity contribution is 6.32. The number of nitrogens with one attached hydrogen (secondary N) is 1. The van der Waals surface area contributed by atoms with E-state index in [-0.39, 0.29) is 10.9 Å². The quantitative estimate of drug-likeness (QED) is 0.716. The van der Waals surface area contributed by atoms with Gasteiger partial charge in [-0.25, -0.2) is 4.98 Å². The van der Waals surface area contributed by atoms with Crippen molar-refractivity contribution in [2.24, 2.45) is 0 Å². The molecule has 7 heteroatoms. The molecule has 2 aromatic heterocycles. The predicted molar refractivity (Wildman–Crippen MR) is 94.0 cm³/mol. The number of benzene rings is 1. The molecule has 0 aliphatic carbocycles. The van der Waals surface area contributed by atoms with Crippen LogP contribution in [0.25, 0.3) is 11.7 Å². The summed E-state index contributed by atoms with van der Waals surface area (Å²) in [5, 5.41) is 12.1. The number of anilines is 1. The summed E-state index contributed by atoms with van der Waals surface area (Å²) in [7, 11) is 0. The lowest BCUT2D eigenvalue weighted by Gasteiger charge is -2.03. The average Bonchev–Trinajstić information content (AvgIpc) is 2.88. The van der Waals surface area contributed by atoms with E-state index in [0.717, 1.165) is 0 Å². The number of fused-ring (bicyclic) bond motifs is 1. The molecule has 1 amide bonds. The highest BCUT2D eigenvalue weighted by Crippen LogP contribution is 2.21. The van der Waals surface area contributed by atoms with E-state index in [1.54, 1.807) is 22.6 Å². The second-order valence-corrected chi connectivity index (χ2v) is 5.61. The summed E-state index contributed by atoms with van der Waals surface area (Å²) >= 11 is 12.0. The third kappa shape index (κ3) is 3.25. The fourth-order valence-corrected chi connectivity index (χ4v) is 2.62. The molecule has 0 bridgehead atoms. The Kier molecular flexibility index (Phi) is 4.52. The maximum absolute atomic E-state index is 12.0. The number of carbonyl (C=O) groups excluding carboxylic acids is 1. The molecule has 24 heavy (non-hydrogen) atoms. The van der Waals surface area contributed by atoms with E-state index >= 15 is 0 Å². The van der Waals surface area contributed by atoms with E-state index < -0.39 is 0 Å². The Morgan fingerprint density at radius 2 is 2.12 bits per heavy atom. The number of imidazole rings is 1. The molecule has 0 aliphatic heterocycles. The summed E-state index contributed by atoms with van der Waals surface area (Å²) in [6.45, 7) is 0. The van der Waals surface area contributed by atoms with Crippen LogP contribution in [0.2, 0.25) is 10.2 Å². The van der Waals surface area contributed by atoms with Gasteiger partial charge in [0.1, 0.15) is 11.7 Å². The number of pyridine rings is 1. The van der Waals surface area contributed by atoms with E-state index in [2.05, 4.69) is 10.3 Å². The minimum absolute atomic E-state index is 0.282. The zero-order valence-electron chi connectivity index (χ0n) is 12.2. The molecule has 0 radical (unpaired) electrons. The number of halogens is 2. The number of aromatic nitrogens is 2. The number of carbonyl (C=O) groups is 1. The maximum atomic E-state index is 12.0. The molecule has 0 atom stereocenters. The molecule has 3 aromatic rings. The molecule has 0 aliphatic rings. The number of amides is 1. The molecule has 118 valence electrons. The minimum atomic E-state index is -0.349. The van der Waals surface area contributed by atoms with Gasteiger partial charge in [0.05, 0.1) is 16.3 Å². The predicted octanol–water partition coefficient (Wildman–Crippen LogP) is 4.16. The fraction of sp³-hybridized carbons (Fsp3) is 0. The molecule has 0 saturated heterocycles. The summed E-state index contributed by atoms with van der Waals surface area (Å²) in [5.74, 6) is -0.349. The lowest BCUT2D eigenvalue weighted by molar-refractivity contribution is -0.111. The van der Waals surface area contributed by atoms with Gasteiger partial charge in [0.25, 0.3) is 0 Å². The highest BCUT2D eigenvalue weighted by Gasteiger charge is 2.08. The van der Waals surface area contributed by atoms with Crippen LogP contribution in [0.3, 0.4) is 0 Å². The molecule has 1 aromatic carbocycles. The van der Waals surface area contributed by atoms with E-state index in [0.29, 0.717) is 27.7 Å². The van der Waals surface area contributed by atoms with Crippen molar-refractivity contribution in [3.05, 3.63) is 70.1 Å². The summed E-state index contributed by atoms with van der Waals surface area (Å²) in [5.41, 5.74) is 2.15. The van der Waals surface area contributed by atoms with Crippen LogP contribution in [0.5, 0.6) is 0 Å². The Balaban J connectivity index is 1.79. The maximum Gasteiger partial charge on any atom is 0.248 e. The molecule has 0 spiro atoms. The van der Waals surface area contributed by atoms with Crippen LogP contribution in [-0.2, 0) is 4.79 Å². The van der Waals surface area contributed by atoms with Crippen molar-refractivity contribution in [3.8, 4) is 6.07 Å². The number of hydrogen-bond acceptors (Lipinski definition) is 3. The number of nitriles is 1. The van der Waals surface area contributed by atoms with Gasteiger partial charge in [-0.05, 0) is 36.4 Å².